The monoisotopic (exact) mass is 380 g/mol. The summed E-state index contributed by atoms with van der Waals surface area (Å²) < 4.78 is 19.5. The Morgan fingerprint density at radius 2 is 1.93 bits per heavy atom. The van der Waals surface area contributed by atoms with Crippen molar-refractivity contribution >= 4 is 23.3 Å². The Morgan fingerprint density at radius 1 is 1.11 bits per heavy atom. The quantitative estimate of drug-likeness (QED) is 0.449. The first-order valence-corrected chi connectivity index (χ1v) is 10.2. The van der Waals surface area contributed by atoms with Gasteiger partial charge in [-0.2, -0.15) is 0 Å². The first-order valence-electron chi connectivity index (χ1n) is 9.26. The number of carbonyl (C=O) groups is 1. The molecule has 1 aliphatic carbocycles. The minimum atomic E-state index is -0.230. The molecule has 0 radical (unpaired) electrons. The van der Waals surface area contributed by atoms with Gasteiger partial charge in [0.2, 0.25) is 0 Å². The van der Waals surface area contributed by atoms with Gasteiger partial charge < -0.3 is 4.74 Å². The van der Waals surface area contributed by atoms with Gasteiger partial charge in [0, 0.05) is 17.5 Å². The van der Waals surface area contributed by atoms with Gasteiger partial charge in [0.15, 0.2) is 5.78 Å². The Morgan fingerprint density at radius 3 is 2.63 bits per heavy atom. The van der Waals surface area contributed by atoms with Crippen molar-refractivity contribution in [3.05, 3.63) is 88.1 Å². The normalized spacial score (nSPS) is 17.8. The Hall–Kier alpha value is -2.33. The molecule has 0 N–H and O–H groups in total. The summed E-state index contributed by atoms with van der Waals surface area (Å²) in [5, 5.41) is 1.96. The molecule has 4 rings (SSSR count). The molecule has 2 nitrogen and oxygen atoms in total. The summed E-state index contributed by atoms with van der Waals surface area (Å²) in [6.45, 7) is 0.463. The van der Waals surface area contributed by atoms with E-state index in [2.05, 4.69) is 0 Å². The number of ketones is 1. The van der Waals surface area contributed by atoms with Gasteiger partial charge in [-0.25, -0.2) is 4.39 Å². The third-order valence-corrected chi connectivity index (χ3v) is 5.85. The molecule has 4 heteroatoms. The van der Waals surface area contributed by atoms with Crippen molar-refractivity contribution in [3.8, 4) is 0 Å². The number of carbonyl (C=O) groups excluding carboxylic acids is 1. The molecule has 2 aliphatic rings. The van der Waals surface area contributed by atoms with Crippen LogP contribution in [0, 0.1) is 5.82 Å². The smallest absolute Gasteiger partial charge is 0.177 e. The second-order valence-electron chi connectivity index (χ2n) is 6.80. The molecule has 1 saturated carbocycles. The lowest BCUT2D eigenvalue weighted by Gasteiger charge is -2.16. The van der Waals surface area contributed by atoms with Crippen LogP contribution in [-0.2, 0) is 11.2 Å². The second kappa shape index (κ2) is 8.13. The summed E-state index contributed by atoms with van der Waals surface area (Å²) in [5.74, 6) is 0.770. The molecule has 27 heavy (non-hydrogen) atoms. The molecule has 1 aliphatic heterocycles. The van der Waals surface area contributed by atoms with E-state index in [1.54, 1.807) is 17.8 Å². The summed E-state index contributed by atoms with van der Waals surface area (Å²) in [5.41, 5.74) is 3.79. The van der Waals surface area contributed by atoms with E-state index in [1.165, 1.54) is 17.7 Å². The zero-order chi connectivity index (χ0) is 18.6. The van der Waals surface area contributed by atoms with Gasteiger partial charge >= 0.3 is 0 Å². The fourth-order valence-corrected chi connectivity index (χ4v) is 4.13. The van der Waals surface area contributed by atoms with Gasteiger partial charge in [-0.15, -0.1) is 11.8 Å². The molecule has 0 bridgehead atoms. The van der Waals surface area contributed by atoms with Crippen molar-refractivity contribution in [2.75, 3.05) is 6.61 Å². The molecule has 138 valence electrons. The molecule has 1 unspecified atom stereocenters. The van der Waals surface area contributed by atoms with E-state index in [0.717, 1.165) is 41.7 Å². The summed E-state index contributed by atoms with van der Waals surface area (Å²) >= 11 is 1.58. The van der Waals surface area contributed by atoms with Crippen molar-refractivity contribution in [1.82, 2.24) is 0 Å². The number of halogens is 1. The molecule has 2 aromatic carbocycles. The maximum Gasteiger partial charge on any atom is 0.177 e. The lowest BCUT2D eigenvalue weighted by Crippen LogP contribution is -2.16. The zero-order valence-electron chi connectivity index (χ0n) is 15.0. The highest BCUT2D eigenvalue weighted by molar-refractivity contribution is 8.03. The van der Waals surface area contributed by atoms with Crippen LogP contribution in [0.2, 0.25) is 0 Å². The number of hydrogen-bond donors (Lipinski definition) is 0. The summed E-state index contributed by atoms with van der Waals surface area (Å²) in [6, 6.07) is 14.3. The van der Waals surface area contributed by atoms with Crippen LogP contribution in [-0.4, -0.2) is 17.6 Å². The number of ether oxygens (including phenoxy) is 1. The van der Waals surface area contributed by atoms with Gasteiger partial charge in [-0.3, -0.25) is 4.79 Å². The van der Waals surface area contributed by atoms with Gasteiger partial charge in [-0.1, -0.05) is 42.5 Å². The standard InChI is InChI=1S/C23H21FO2S/c24-18-6-3-5-16(15-18)12-13-26-23(17-10-11-17)20-8-2-1-7-19(20)22(25)21-9-4-14-27-21/h1-8,14-15,21H,9-13H2. The predicted octanol–water partition coefficient (Wildman–Crippen LogP) is 5.79. The fraction of sp³-hybridized carbons (Fsp3) is 0.261. The summed E-state index contributed by atoms with van der Waals surface area (Å²) in [4.78, 5) is 13.0. The average Bonchev–Trinajstić information content (AvgIpc) is 3.37. The second-order valence-corrected chi connectivity index (χ2v) is 7.92. The molecule has 0 aromatic heterocycles. The Balaban J connectivity index is 1.52. The van der Waals surface area contributed by atoms with E-state index in [4.69, 9.17) is 4.74 Å². The SMILES string of the molecule is O=C(c1ccccc1C(OCCc1cccc(F)c1)=C1CC1)C1CC=CS1. The van der Waals surface area contributed by atoms with Crippen LogP contribution in [0.15, 0.2) is 65.6 Å². The molecular weight excluding hydrogens is 359 g/mol. The lowest BCUT2D eigenvalue weighted by atomic mass is 9.98. The number of allylic oxidation sites excluding steroid dienone is 2. The van der Waals surface area contributed by atoms with Gasteiger partial charge in [0.1, 0.15) is 11.6 Å². The van der Waals surface area contributed by atoms with E-state index >= 15 is 0 Å². The predicted molar refractivity (Wildman–Crippen MR) is 108 cm³/mol. The Kier molecular flexibility index (Phi) is 5.44. The van der Waals surface area contributed by atoms with Crippen molar-refractivity contribution in [2.24, 2.45) is 0 Å². The van der Waals surface area contributed by atoms with Gasteiger partial charge in [0.25, 0.3) is 0 Å². The zero-order valence-corrected chi connectivity index (χ0v) is 15.8. The average molecular weight is 380 g/mol. The van der Waals surface area contributed by atoms with Crippen LogP contribution in [0.5, 0.6) is 0 Å². The van der Waals surface area contributed by atoms with E-state index in [1.807, 2.05) is 41.8 Å². The topological polar surface area (TPSA) is 26.3 Å². The highest BCUT2D eigenvalue weighted by atomic mass is 32.2. The molecule has 2 aromatic rings. The maximum absolute atomic E-state index is 13.4. The van der Waals surface area contributed by atoms with E-state index in [9.17, 15) is 9.18 Å². The fourth-order valence-electron chi connectivity index (χ4n) is 3.25. The van der Waals surface area contributed by atoms with Crippen LogP contribution in [0.3, 0.4) is 0 Å². The lowest BCUT2D eigenvalue weighted by molar-refractivity contribution is 0.0990. The van der Waals surface area contributed by atoms with Crippen molar-refractivity contribution in [1.29, 1.82) is 0 Å². The van der Waals surface area contributed by atoms with Crippen LogP contribution < -0.4 is 0 Å². The van der Waals surface area contributed by atoms with Crippen LogP contribution in [0.25, 0.3) is 5.76 Å². The molecule has 1 fully saturated rings. The number of rotatable bonds is 7. The number of hydrogen-bond acceptors (Lipinski definition) is 3. The van der Waals surface area contributed by atoms with Gasteiger partial charge in [-0.05, 0) is 47.9 Å². The minimum Gasteiger partial charge on any atom is -0.493 e. The third-order valence-electron chi connectivity index (χ3n) is 4.77. The molecule has 1 heterocycles. The van der Waals surface area contributed by atoms with E-state index < -0.39 is 0 Å². The van der Waals surface area contributed by atoms with Crippen LogP contribution in [0.4, 0.5) is 4.39 Å². The van der Waals surface area contributed by atoms with Crippen LogP contribution >= 0.6 is 11.8 Å². The number of Topliss-reactive ketones (excluding diaryl/α,β-unsaturated/α-hetero) is 1. The van der Waals surface area contributed by atoms with Crippen LogP contribution in [0.1, 0.15) is 40.7 Å². The maximum atomic E-state index is 13.4. The molecular formula is C23H21FO2S. The van der Waals surface area contributed by atoms with Crippen molar-refractivity contribution in [2.45, 2.75) is 30.9 Å². The molecule has 0 spiro atoms. The first kappa shape index (κ1) is 18.1. The first-order chi connectivity index (χ1) is 13.2. The number of thioether (sulfide) groups is 1. The third kappa shape index (κ3) is 4.33. The van der Waals surface area contributed by atoms with Gasteiger partial charge in [0.05, 0.1) is 11.9 Å². The number of benzene rings is 2. The molecule has 0 amide bonds. The van der Waals surface area contributed by atoms with Crippen molar-refractivity contribution in [3.63, 3.8) is 0 Å². The molecule has 1 atom stereocenters. The highest BCUT2D eigenvalue weighted by Gasteiger charge is 2.28. The Labute approximate surface area is 163 Å². The largest absolute Gasteiger partial charge is 0.493 e. The Bertz CT molecular complexity index is 902. The van der Waals surface area contributed by atoms with E-state index in [-0.39, 0.29) is 16.9 Å². The highest BCUT2D eigenvalue weighted by Crippen LogP contribution is 2.39. The van der Waals surface area contributed by atoms with Crippen molar-refractivity contribution < 1.29 is 13.9 Å². The summed E-state index contributed by atoms with van der Waals surface area (Å²) in [6.07, 6.45) is 5.48. The summed E-state index contributed by atoms with van der Waals surface area (Å²) in [7, 11) is 0. The molecule has 0 saturated heterocycles. The minimum absolute atomic E-state index is 0.0381. The van der Waals surface area contributed by atoms with E-state index in [0.29, 0.717) is 13.0 Å².